The monoisotopic (exact) mass is 505 g/mol. The largest absolute Gasteiger partial charge is 0.300 e. The molecule has 8 heteroatoms. The Balaban J connectivity index is 1.60. The highest BCUT2D eigenvalue weighted by Gasteiger charge is 2.36. The van der Waals surface area contributed by atoms with E-state index in [-0.39, 0.29) is 11.8 Å². The van der Waals surface area contributed by atoms with E-state index in [1.807, 2.05) is 24.3 Å². The minimum Gasteiger partial charge on any atom is -0.300 e. The summed E-state index contributed by atoms with van der Waals surface area (Å²) >= 11 is 7.92. The summed E-state index contributed by atoms with van der Waals surface area (Å²) in [5, 5.41) is 7.92. The van der Waals surface area contributed by atoms with E-state index in [4.69, 9.17) is 11.6 Å². The van der Waals surface area contributed by atoms with Crippen LogP contribution in [0.1, 0.15) is 49.6 Å². The molecule has 4 aromatic rings. The third-order valence-electron chi connectivity index (χ3n) is 6.45. The molecular weight excluding hydrogens is 478 g/mol. The average molecular weight is 506 g/mol. The number of carbonyl (C=O) groups is 1. The summed E-state index contributed by atoms with van der Waals surface area (Å²) in [6.07, 6.45) is 6.13. The van der Waals surface area contributed by atoms with Crippen molar-refractivity contribution in [2.75, 3.05) is 13.1 Å². The number of halogens is 1. The second kappa shape index (κ2) is 10.4. The summed E-state index contributed by atoms with van der Waals surface area (Å²) in [6, 6.07) is 14.5. The summed E-state index contributed by atoms with van der Waals surface area (Å²) in [6.45, 7) is 5.98. The lowest BCUT2D eigenvalue weighted by molar-refractivity contribution is -0.116. The molecule has 1 atom stereocenters. The molecule has 0 amide bonds. The zero-order valence-electron chi connectivity index (χ0n) is 19.9. The number of hydrogen-bond acceptors (Lipinski definition) is 6. The van der Waals surface area contributed by atoms with Crippen molar-refractivity contribution in [3.05, 3.63) is 76.8 Å². The number of likely N-dealkylation sites (tertiary alicyclic amines) is 1. The number of aromatic nitrogens is 4. The van der Waals surface area contributed by atoms with E-state index in [0.717, 1.165) is 50.9 Å². The van der Waals surface area contributed by atoms with Gasteiger partial charge in [0, 0.05) is 41.3 Å². The zero-order chi connectivity index (χ0) is 24.4. The van der Waals surface area contributed by atoms with Gasteiger partial charge in [-0.15, -0.1) is 11.3 Å². The lowest BCUT2D eigenvalue weighted by atomic mass is 9.88. The minimum atomic E-state index is 0.0870. The van der Waals surface area contributed by atoms with Crippen LogP contribution in [0.4, 0.5) is 0 Å². The number of thiophene rings is 1. The van der Waals surface area contributed by atoms with Crippen molar-refractivity contribution in [3.63, 3.8) is 0 Å². The Morgan fingerprint density at radius 1 is 1.20 bits per heavy atom. The van der Waals surface area contributed by atoms with Gasteiger partial charge in [0.1, 0.15) is 12.1 Å². The molecule has 6 nitrogen and oxygen atoms in total. The molecule has 5 rings (SSSR count). The number of nitrogens with zero attached hydrogens (tertiary/aromatic N) is 4. The number of rotatable bonds is 9. The van der Waals surface area contributed by atoms with Crippen molar-refractivity contribution >= 4 is 28.7 Å². The molecule has 1 aliphatic rings. The quantitative estimate of drug-likeness (QED) is 0.293. The molecule has 0 radical (unpaired) electrons. The summed E-state index contributed by atoms with van der Waals surface area (Å²) in [7, 11) is 0. The van der Waals surface area contributed by atoms with E-state index in [0.29, 0.717) is 6.42 Å². The summed E-state index contributed by atoms with van der Waals surface area (Å²) in [5.41, 5.74) is 4.24. The first-order valence-electron chi connectivity index (χ1n) is 12.0. The van der Waals surface area contributed by atoms with Gasteiger partial charge in [-0.05, 0) is 66.3 Å². The molecule has 1 N–H and O–H groups in total. The molecule has 1 aromatic carbocycles. The number of pyridine rings is 1. The maximum Gasteiger partial charge on any atom is 0.165 e. The summed E-state index contributed by atoms with van der Waals surface area (Å²) in [5.74, 6) is 1.60. The number of hydrogen-bond donors (Lipinski definition) is 1. The Hall–Kier alpha value is -2.87. The van der Waals surface area contributed by atoms with Crippen LogP contribution < -0.4 is 0 Å². The van der Waals surface area contributed by atoms with Gasteiger partial charge in [-0.1, -0.05) is 37.1 Å². The predicted molar refractivity (Wildman–Crippen MR) is 141 cm³/mol. The van der Waals surface area contributed by atoms with Gasteiger partial charge in [0.15, 0.2) is 5.82 Å². The molecule has 3 aromatic heterocycles. The highest BCUT2D eigenvalue weighted by molar-refractivity contribution is 7.19. The van der Waals surface area contributed by atoms with Crippen LogP contribution >= 0.6 is 22.9 Å². The van der Waals surface area contributed by atoms with Crippen LogP contribution in [0.25, 0.3) is 21.1 Å². The Morgan fingerprint density at radius 2 is 2.00 bits per heavy atom. The smallest absolute Gasteiger partial charge is 0.165 e. The Morgan fingerprint density at radius 3 is 2.69 bits per heavy atom. The molecule has 1 unspecified atom stereocenters. The highest BCUT2D eigenvalue weighted by atomic mass is 35.5. The van der Waals surface area contributed by atoms with Crippen molar-refractivity contribution < 1.29 is 4.79 Å². The van der Waals surface area contributed by atoms with Crippen LogP contribution in [0.5, 0.6) is 0 Å². The third kappa shape index (κ3) is 5.22. The first-order chi connectivity index (χ1) is 17.0. The van der Waals surface area contributed by atoms with Crippen LogP contribution in [0, 0.1) is 5.92 Å². The second-order valence-corrected chi connectivity index (χ2v) is 10.7. The van der Waals surface area contributed by atoms with E-state index in [2.05, 4.69) is 50.2 Å². The second-order valence-electron chi connectivity index (χ2n) is 9.21. The van der Waals surface area contributed by atoms with Gasteiger partial charge < -0.3 is 0 Å². The maximum atomic E-state index is 11.7. The fourth-order valence-corrected chi connectivity index (χ4v) is 6.14. The minimum absolute atomic E-state index is 0.0870. The number of nitrogens with one attached hydrogen (secondary N) is 1. The van der Waals surface area contributed by atoms with Crippen molar-refractivity contribution in [3.8, 4) is 21.1 Å². The number of carbonyl (C=O) groups excluding carboxylic acids is 1. The average Bonchev–Trinajstić information content (AvgIpc) is 3.49. The highest BCUT2D eigenvalue weighted by Crippen LogP contribution is 2.45. The molecular formula is C27H28ClN5OS. The van der Waals surface area contributed by atoms with Crippen molar-refractivity contribution in [2.45, 2.75) is 39.2 Å². The maximum absolute atomic E-state index is 11.7. The molecule has 1 saturated heterocycles. The van der Waals surface area contributed by atoms with Gasteiger partial charge in [-0.2, -0.15) is 5.10 Å². The van der Waals surface area contributed by atoms with Crippen molar-refractivity contribution in [1.82, 2.24) is 25.1 Å². The predicted octanol–water partition coefficient (Wildman–Crippen LogP) is 6.20. The van der Waals surface area contributed by atoms with Gasteiger partial charge in [-0.25, -0.2) is 4.98 Å². The number of H-pyrrole nitrogens is 1. The number of aromatic amines is 1. The van der Waals surface area contributed by atoms with Gasteiger partial charge >= 0.3 is 0 Å². The normalized spacial score (nSPS) is 15.2. The SMILES string of the molecule is CCCC1CN(C(c2ccc(Cl)cc2)c2cc(-c3ccnc(CC(C)=O)c3)sc2-c2ncn[nH]2)C1. The lowest BCUT2D eigenvalue weighted by Crippen LogP contribution is -2.48. The molecule has 0 bridgehead atoms. The molecule has 180 valence electrons. The number of benzene rings is 1. The fraction of sp³-hybridized carbons (Fsp3) is 0.333. The van der Waals surface area contributed by atoms with E-state index in [9.17, 15) is 4.79 Å². The van der Waals surface area contributed by atoms with Crippen LogP contribution in [0.15, 0.2) is 55.0 Å². The van der Waals surface area contributed by atoms with Gasteiger partial charge in [0.25, 0.3) is 0 Å². The van der Waals surface area contributed by atoms with Crippen molar-refractivity contribution in [2.24, 2.45) is 5.92 Å². The topological polar surface area (TPSA) is 74.8 Å². The van der Waals surface area contributed by atoms with E-state index in [1.54, 1.807) is 30.8 Å². The molecule has 1 aliphatic heterocycles. The number of Topliss-reactive ketones (excluding diaryl/α,β-unsaturated/α-hetero) is 1. The third-order valence-corrected chi connectivity index (χ3v) is 7.91. The summed E-state index contributed by atoms with van der Waals surface area (Å²) < 4.78 is 0. The molecule has 0 aliphatic carbocycles. The Bertz CT molecular complexity index is 1300. The molecule has 0 saturated carbocycles. The standard InChI is InChI=1S/C27H28ClN5OS/c1-3-4-18-14-33(15-18)25(19-5-7-21(28)8-6-19)23-13-24(35-26(23)27-30-16-31-32-27)20-9-10-29-22(12-20)11-17(2)34/h5-10,12-13,16,18,25H,3-4,11,14-15H2,1-2H3,(H,30,31,32). The molecule has 4 heterocycles. The number of ketones is 1. The molecule has 1 fully saturated rings. The lowest BCUT2D eigenvalue weighted by Gasteiger charge is -2.45. The van der Waals surface area contributed by atoms with Gasteiger partial charge in [-0.3, -0.25) is 19.8 Å². The molecule has 0 spiro atoms. The van der Waals surface area contributed by atoms with Crippen LogP contribution in [0.3, 0.4) is 0 Å². The fourth-order valence-electron chi connectivity index (χ4n) is 4.88. The molecule has 35 heavy (non-hydrogen) atoms. The van der Waals surface area contributed by atoms with Gasteiger partial charge in [0.2, 0.25) is 0 Å². The Labute approximate surface area is 214 Å². The summed E-state index contributed by atoms with van der Waals surface area (Å²) in [4.78, 5) is 25.3. The van der Waals surface area contributed by atoms with Gasteiger partial charge in [0.05, 0.1) is 10.9 Å². The van der Waals surface area contributed by atoms with Crippen LogP contribution in [0.2, 0.25) is 5.02 Å². The first kappa shape index (κ1) is 23.9. The van der Waals surface area contributed by atoms with Crippen molar-refractivity contribution in [1.29, 1.82) is 0 Å². The van der Waals surface area contributed by atoms with Crippen LogP contribution in [-0.4, -0.2) is 43.9 Å². The van der Waals surface area contributed by atoms with Crippen LogP contribution in [-0.2, 0) is 11.2 Å². The zero-order valence-corrected chi connectivity index (χ0v) is 21.4. The van der Waals surface area contributed by atoms with E-state index < -0.39 is 0 Å². The van der Waals surface area contributed by atoms with E-state index >= 15 is 0 Å². The van der Waals surface area contributed by atoms with E-state index in [1.165, 1.54) is 24.0 Å². The Kier molecular flexibility index (Phi) is 7.09. The first-order valence-corrected chi connectivity index (χ1v) is 13.1.